The lowest BCUT2D eigenvalue weighted by atomic mass is 10.0. The Kier molecular flexibility index (Phi) is 6.60. The van der Waals surface area contributed by atoms with Gasteiger partial charge in [-0.05, 0) is 61.7 Å². The number of anilines is 2. The SMILES string of the molecule is CN1CCN(c2cccc(C3=CCN(Cc4cccc(NC(=O)NC5CC5)c4)CC3)n2)CC1. The van der Waals surface area contributed by atoms with E-state index in [0.29, 0.717) is 6.04 Å². The van der Waals surface area contributed by atoms with Crippen molar-refractivity contribution in [3.05, 3.63) is 59.8 Å². The van der Waals surface area contributed by atoms with Crippen LogP contribution in [0.1, 0.15) is 30.5 Å². The third kappa shape index (κ3) is 5.92. The number of piperazine rings is 1. The fourth-order valence-electron chi connectivity index (χ4n) is 4.49. The summed E-state index contributed by atoms with van der Waals surface area (Å²) in [5, 5.41) is 5.93. The number of carbonyl (C=O) groups excluding carboxylic acids is 1. The van der Waals surface area contributed by atoms with Crippen molar-refractivity contribution < 1.29 is 4.79 Å². The highest BCUT2D eigenvalue weighted by Gasteiger charge is 2.23. The molecule has 3 heterocycles. The molecule has 1 saturated heterocycles. The molecule has 0 bridgehead atoms. The number of aromatic nitrogens is 1. The molecule has 2 aliphatic heterocycles. The summed E-state index contributed by atoms with van der Waals surface area (Å²) in [5.41, 5.74) is 4.52. The van der Waals surface area contributed by atoms with Crippen molar-refractivity contribution >= 4 is 23.1 Å². The maximum absolute atomic E-state index is 12.0. The monoisotopic (exact) mass is 446 g/mol. The number of nitrogens with zero attached hydrogens (tertiary/aromatic N) is 4. The van der Waals surface area contributed by atoms with E-state index >= 15 is 0 Å². The number of benzene rings is 1. The van der Waals surface area contributed by atoms with E-state index in [1.807, 2.05) is 12.1 Å². The van der Waals surface area contributed by atoms with Crippen LogP contribution in [0.5, 0.6) is 0 Å². The van der Waals surface area contributed by atoms with E-state index in [0.717, 1.165) is 82.3 Å². The fraction of sp³-hybridized carbons (Fsp3) is 0.462. The number of carbonyl (C=O) groups is 1. The summed E-state index contributed by atoms with van der Waals surface area (Å²) in [4.78, 5) is 24.2. The quantitative estimate of drug-likeness (QED) is 0.712. The maximum Gasteiger partial charge on any atom is 0.319 e. The molecular formula is C26H34N6O. The first-order valence-corrected chi connectivity index (χ1v) is 12.1. The molecule has 7 heteroatoms. The second-order valence-corrected chi connectivity index (χ2v) is 9.46. The van der Waals surface area contributed by atoms with Crippen LogP contribution in [0.25, 0.3) is 5.57 Å². The molecule has 1 aliphatic carbocycles. The van der Waals surface area contributed by atoms with Gasteiger partial charge in [-0.3, -0.25) is 4.90 Å². The van der Waals surface area contributed by atoms with E-state index in [-0.39, 0.29) is 6.03 Å². The molecule has 5 rings (SSSR count). The van der Waals surface area contributed by atoms with Gasteiger partial charge in [0.15, 0.2) is 0 Å². The van der Waals surface area contributed by atoms with Gasteiger partial charge in [0.25, 0.3) is 0 Å². The zero-order chi connectivity index (χ0) is 22.6. The van der Waals surface area contributed by atoms with Gasteiger partial charge in [0.2, 0.25) is 0 Å². The number of urea groups is 1. The molecule has 174 valence electrons. The molecule has 2 N–H and O–H groups in total. The van der Waals surface area contributed by atoms with Crippen LogP contribution in [-0.4, -0.2) is 73.2 Å². The minimum Gasteiger partial charge on any atom is -0.354 e. The zero-order valence-corrected chi connectivity index (χ0v) is 19.5. The first-order valence-electron chi connectivity index (χ1n) is 12.1. The van der Waals surface area contributed by atoms with E-state index in [9.17, 15) is 4.79 Å². The predicted octanol–water partition coefficient (Wildman–Crippen LogP) is 3.41. The molecule has 3 aliphatic rings. The number of pyridine rings is 1. The Labute approximate surface area is 196 Å². The van der Waals surface area contributed by atoms with Gasteiger partial charge in [0.1, 0.15) is 5.82 Å². The van der Waals surface area contributed by atoms with Gasteiger partial charge < -0.3 is 20.4 Å². The summed E-state index contributed by atoms with van der Waals surface area (Å²) in [6, 6.07) is 14.8. The molecule has 1 saturated carbocycles. The van der Waals surface area contributed by atoms with Gasteiger partial charge in [-0.25, -0.2) is 9.78 Å². The lowest BCUT2D eigenvalue weighted by Gasteiger charge is -2.33. The molecule has 7 nitrogen and oxygen atoms in total. The second kappa shape index (κ2) is 9.93. The van der Waals surface area contributed by atoms with E-state index in [2.05, 4.69) is 68.8 Å². The lowest BCUT2D eigenvalue weighted by molar-refractivity contribution is 0.251. The van der Waals surface area contributed by atoms with Crippen LogP contribution in [0.3, 0.4) is 0 Å². The molecule has 33 heavy (non-hydrogen) atoms. The van der Waals surface area contributed by atoms with Crippen molar-refractivity contribution in [3.63, 3.8) is 0 Å². The summed E-state index contributed by atoms with van der Waals surface area (Å²) in [5.74, 6) is 1.10. The average Bonchev–Trinajstić information content (AvgIpc) is 3.64. The third-order valence-corrected chi connectivity index (χ3v) is 6.69. The Morgan fingerprint density at radius 2 is 1.88 bits per heavy atom. The van der Waals surface area contributed by atoms with Crippen LogP contribution in [-0.2, 0) is 6.54 Å². The van der Waals surface area contributed by atoms with Gasteiger partial charge in [0, 0.05) is 57.5 Å². The topological polar surface area (TPSA) is 63.7 Å². The Hall–Kier alpha value is -2.90. The lowest BCUT2D eigenvalue weighted by Crippen LogP contribution is -2.44. The summed E-state index contributed by atoms with van der Waals surface area (Å²) in [6.45, 7) is 7.04. The van der Waals surface area contributed by atoms with Crippen molar-refractivity contribution in [3.8, 4) is 0 Å². The highest BCUT2D eigenvalue weighted by atomic mass is 16.2. The standard InChI is InChI=1S/C26H34N6O/c1-30-14-16-32(17-15-30)25-7-3-6-24(29-25)21-10-12-31(13-11-21)19-20-4-2-5-23(18-20)28-26(33)27-22-8-9-22/h2-7,10,18,22H,8-9,11-17,19H2,1H3,(H2,27,28,33). The number of hydrogen-bond donors (Lipinski definition) is 2. The van der Waals surface area contributed by atoms with Gasteiger partial charge in [-0.15, -0.1) is 0 Å². The van der Waals surface area contributed by atoms with Gasteiger partial charge >= 0.3 is 6.03 Å². The van der Waals surface area contributed by atoms with E-state index in [1.165, 1.54) is 11.1 Å². The van der Waals surface area contributed by atoms with Crippen molar-refractivity contribution in [2.45, 2.75) is 31.8 Å². The zero-order valence-electron chi connectivity index (χ0n) is 19.5. The number of nitrogens with one attached hydrogen (secondary N) is 2. The van der Waals surface area contributed by atoms with Crippen molar-refractivity contribution in [1.82, 2.24) is 20.1 Å². The number of amides is 2. The molecule has 0 radical (unpaired) electrons. The van der Waals surface area contributed by atoms with Gasteiger partial charge in [-0.2, -0.15) is 0 Å². The molecule has 0 unspecified atom stereocenters. The highest BCUT2D eigenvalue weighted by molar-refractivity contribution is 5.89. The van der Waals surface area contributed by atoms with E-state index < -0.39 is 0 Å². The van der Waals surface area contributed by atoms with Crippen molar-refractivity contribution in [1.29, 1.82) is 0 Å². The molecule has 1 aromatic heterocycles. The molecule has 1 aromatic carbocycles. The Morgan fingerprint density at radius 1 is 1.06 bits per heavy atom. The van der Waals surface area contributed by atoms with Gasteiger partial charge in [-0.1, -0.05) is 24.3 Å². The molecule has 0 atom stereocenters. The number of rotatable bonds is 6. The molecular weight excluding hydrogens is 412 g/mol. The van der Waals surface area contributed by atoms with Crippen molar-refractivity contribution in [2.75, 3.05) is 56.5 Å². The first-order chi connectivity index (χ1) is 16.1. The van der Waals surface area contributed by atoms with E-state index in [4.69, 9.17) is 4.98 Å². The minimum absolute atomic E-state index is 0.105. The predicted molar refractivity (Wildman–Crippen MR) is 133 cm³/mol. The molecule has 0 spiro atoms. The summed E-state index contributed by atoms with van der Waals surface area (Å²) >= 11 is 0. The van der Waals surface area contributed by atoms with E-state index in [1.54, 1.807) is 0 Å². The first kappa shape index (κ1) is 21.9. The largest absolute Gasteiger partial charge is 0.354 e. The Balaban J connectivity index is 1.17. The Bertz CT molecular complexity index is 1010. The maximum atomic E-state index is 12.0. The van der Waals surface area contributed by atoms with Gasteiger partial charge in [0.05, 0.1) is 5.69 Å². The number of likely N-dealkylation sites (N-methyl/N-ethyl adjacent to an activating group) is 1. The Morgan fingerprint density at radius 3 is 2.64 bits per heavy atom. The number of hydrogen-bond acceptors (Lipinski definition) is 5. The van der Waals surface area contributed by atoms with Crippen LogP contribution < -0.4 is 15.5 Å². The summed E-state index contributed by atoms with van der Waals surface area (Å²) < 4.78 is 0. The third-order valence-electron chi connectivity index (χ3n) is 6.69. The normalized spacial score (nSPS) is 19.8. The second-order valence-electron chi connectivity index (χ2n) is 9.46. The molecule has 2 aromatic rings. The van der Waals surface area contributed by atoms with Crippen LogP contribution in [0, 0.1) is 0 Å². The van der Waals surface area contributed by atoms with Crippen LogP contribution in [0.2, 0.25) is 0 Å². The smallest absolute Gasteiger partial charge is 0.319 e. The molecule has 2 amide bonds. The average molecular weight is 447 g/mol. The fourth-order valence-corrected chi connectivity index (χ4v) is 4.49. The summed E-state index contributed by atoms with van der Waals surface area (Å²) in [7, 11) is 2.18. The van der Waals surface area contributed by atoms with Crippen LogP contribution in [0.15, 0.2) is 48.5 Å². The molecule has 2 fully saturated rings. The van der Waals surface area contributed by atoms with Crippen LogP contribution in [0.4, 0.5) is 16.3 Å². The minimum atomic E-state index is -0.105. The highest BCUT2D eigenvalue weighted by Crippen LogP contribution is 2.25. The van der Waals surface area contributed by atoms with Crippen LogP contribution >= 0.6 is 0 Å². The summed E-state index contributed by atoms with van der Waals surface area (Å²) in [6.07, 6.45) is 5.51. The van der Waals surface area contributed by atoms with Crippen molar-refractivity contribution in [2.24, 2.45) is 0 Å².